The lowest BCUT2D eigenvalue weighted by Crippen LogP contribution is -1.94. The summed E-state index contributed by atoms with van der Waals surface area (Å²) in [5.41, 5.74) is 11.8. The molecule has 0 heterocycles. The van der Waals surface area contributed by atoms with Gasteiger partial charge in [-0.15, -0.1) is 0 Å². The van der Waals surface area contributed by atoms with Gasteiger partial charge in [-0.3, -0.25) is 0 Å². The second-order valence-corrected chi connectivity index (χ2v) is 5.71. The molecular weight excluding hydrogens is 370 g/mol. The number of phenols is 1. The molecule has 0 saturated heterocycles. The van der Waals surface area contributed by atoms with Crippen LogP contribution >= 0.6 is 46.4 Å². The summed E-state index contributed by atoms with van der Waals surface area (Å²) in [6, 6.07) is 6.09. The number of nitrogens with two attached hydrogens (primary N) is 2. The van der Waals surface area contributed by atoms with Crippen molar-refractivity contribution in [2.45, 2.75) is 6.92 Å². The number of halogens is 4. The number of aromatic hydroxyl groups is 1. The van der Waals surface area contributed by atoms with Gasteiger partial charge in [-0.05, 0) is 31.2 Å². The summed E-state index contributed by atoms with van der Waals surface area (Å²) in [6.45, 7) is 2.40. The zero-order valence-electron chi connectivity index (χ0n) is 11.5. The molecule has 0 unspecified atom stereocenters. The van der Waals surface area contributed by atoms with E-state index in [0.29, 0.717) is 33.8 Å². The van der Waals surface area contributed by atoms with Gasteiger partial charge in [0.15, 0.2) is 11.5 Å². The van der Waals surface area contributed by atoms with Gasteiger partial charge in [0.2, 0.25) is 0 Å². The molecule has 22 heavy (non-hydrogen) atoms. The molecule has 0 atom stereocenters. The third-order valence-corrected chi connectivity index (χ3v) is 3.49. The van der Waals surface area contributed by atoms with Crippen LogP contribution in [0.5, 0.6) is 11.5 Å². The molecule has 2 aromatic rings. The van der Waals surface area contributed by atoms with E-state index in [9.17, 15) is 0 Å². The lowest BCUT2D eigenvalue weighted by atomic mass is 10.3. The van der Waals surface area contributed by atoms with Crippen LogP contribution in [0.2, 0.25) is 20.1 Å². The van der Waals surface area contributed by atoms with E-state index in [1.807, 2.05) is 6.92 Å². The number of nitrogen functional groups attached to an aromatic ring is 2. The van der Waals surface area contributed by atoms with Crippen LogP contribution in [0.1, 0.15) is 6.92 Å². The van der Waals surface area contributed by atoms with Crippen LogP contribution in [0.4, 0.5) is 11.4 Å². The Morgan fingerprint density at radius 3 is 1.59 bits per heavy atom. The molecule has 4 nitrogen and oxygen atoms in total. The Kier molecular flexibility index (Phi) is 7.23. The molecule has 0 spiro atoms. The van der Waals surface area contributed by atoms with E-state index in [4.69, 9.17) is 67.7 Å². The van der Waals surface area contributed by atoms with Crippen molar-refractivity contribution in [2.24, 2.45) is 0 Å². The molecule has 5 N–H and O–H groups in total. The molecule has 0 aliphatic carbocycles. The molecule has 0 saturated carbocycles. The van der Waals surface area contributed by atoms with Crippen LogP contribution in [0.15, 0.2) is 24.3 Å². The molecule has 0 bridgehead atoms. The van der Waals surface area contributed by atoms with Crippen molar-refractivity contribution < 1.29 is 9.84 Å². The van der Waals surface area contributed by atoms with Crippen LogP contribution in [0, 0.1) is 0 Å². The van der Waals surface area contributed by atoms with Gasteiger partial charge >= 0.3 is 0 Å². The minimum absolute atomic E-state index is 0.127. The van der Waals surface area contributed by atoms with Gasteiger partial charge in [-0.1, -0.05) is 46.4 Å². The van der Waals surface area contributed by atoms with Crippen molar-refractivity contribution >= 4 is 57.8 Å². The van der Waals surface area contributed by atoms with Gasteiger partial charge in [0, 0.05) is 11.4 Å². The second-order valence-electron chi connectivity index (χ2n) is 4.08. The monoisotopic (exact) mass is 382 g/mol. The van der Waals surface area contributed by atoms with Gasteiger partial charge in [-0.2, -0.15) is 0 Å². The quantitative estimate of drug-likeness (QED) is 0.488. The predicted octanol–water partition coefficient (Wildman–Crippen LogP) is 5.26. The Bertz CT molecular complexity index is 619. The average molecular weight is 384 g/mol. The van der Waals surface area contributed by atoms with E-state index in [-0.39, 0.29) is 15.8 Å². The van der Waals surface area contributed by atoms with Crippen LogP contribution in [-0.2, 0) is 0 Å². The first-order valence-electron chi connectivity index (χ1n) is 6.07. The van der Waals surface area contributed by atoms with E-state index in [0.717, 1.165) is 0 Å². The Balaban J connectivity index is 0.000000224. The van der Waals surface area contributed by atoms with Crippen molar-refractivity contribution in [2.75, 3.05) is 18.1 Å². The zero-order chi connectivity index (χ0) is 16.9. The van der Waals surface area contributed by atoms with Crippen molar-refractivity contribution in [1.29, 1.82) is 0 Å². The highest BCUT2D eigenvalue weighted by atomic mass is 35.5. The standard InChI is InChI=1S/C8H9Cl2NO.C6H5Cl2NO/c1-2-12-8-6(9)3-5(11)4-7(8)10;7-4-1-3(9)2-5(8)6(4)10/h3-4H,2,11H2,1H3;1-2,10H,9H2. The maximum absolute atomic E-state index is 9.01. The molecule has 0 amide bonds. The van der Waals surface area contributed by atoms with Gasteiger partial charge in [-0.25, -0.2) is 0 Å². The molecule has 0 aliphatic heterocycles. The summed E-state index contributed by atoms with van der Waals surface area (Å²) >= 11 is 22.7. The zero-order valence-corrected chi connectivity index (χ0v) is 14.6. The molecule has 2 rings (SSSR count). The van der Waals surface area contributed by atoms with Gasteiger partial charge in [0.05, 0.1) is 26.7 Å². The highest BCUT2D eigenvalue weighted by molar-refractivity contribution is 6.38. The minimum atomic E-state index is -0.127. The molecule has 2 aromatic carbocycles. The number of ether oxygens (including phenoxy) is 1. The third-order valence-electron chi connectivity index (χ3n) is 2.35. The number of rotatable bonds is 2. The molecule has 8 heteroatoms. The smallest absolute Gasteiger partial charge is 0.156 e. The first-order chi connectivity index (χ1) is 10.3. The number of phenolic OH excluding ortho intramolecular Hbond substituents is 1. The highest BCUT2D eigenvalue weighted by Gasteiger charge is 2.07. The second kappa shape index (κ2) is 8.44. The molecule has 0 aromatic heterocycles. The van der Waals surface area contributed by atoms with Gasteiger partial charge in [0.1, 0.15) is 0 Å². The van der Waals surface area contributed by atoms with Crippen LogP contribution in [-0.4, -0.2) is 11.7 Å². The first-order valence-corrected chi connectivity index (χ1v) is 7.58. The van der Waals surface area contributed by atoms with E-state index >= 15 is 0 Å². The topological polar surface area (TPSA) is 81.5 Å². The van der Waals surface area contributed by atoms with Crippen LogP contribution < -0.4 is 16.2 Å². The van der Waals surface area contributed by atoms with E-state index in [1.165, 1.54) is 12.1 Å². The Morgan fingerprint density at radius 1 is 0.864 bits per heavy atom. The van der Waals surface area contributed by atoms with E-state index in [1.54, 1.807) is 12.1 Å². The minimum Gasteiger partial charge on any atom is -0.505 e. The Hall–Kier alpha value is -1.20. The normalized spacial score (nSPS) is 9.86. The summed E-state index contributed by atoms with van der Waals surface area (Å²) in [5.74, 6) is 0.368. The molecule has 0 fully saturated rings. The molecule has 0 radical (unpaired) electrons. The fourth-order valence-corrected chi connectivity index (χ4v) is 2.56. The predicted molar refractivity (Wildman–Crippen MR) is 94.6 cm³/mol. The largest absolute Gasteiger partial charge is 0.505 e. The maximum atomic E-state index is 9.01. The summed E-state index contributed by atoms with van der Waals surface area (Å²) in [5, 5.41) is 10.2. The average Bonchev–Trinajstić information content (AvgIpc) is 2.40. The highest BCUT2D eigenvalue weighted by Crippen LogP contribution is 2.35. The lowest BCUT2D eigenvalue weighted by Gasteiger charge is -2.07. The Morgan fingerprint density at radius 2 is 1.23 bits per heavy atom. The third kappa shape index (κ3) is 5.21. The van der Waals surface area contributed by atoms with Crippen LogP contribution in [0.3, 0.4) is 0 Å². The number of benzene rings is 2. The first kappa shape index (κ1) is 18.8. The number of hydrogen-bond acceptors (Lipinski definition) is 4. The number of hydrogen-bond donors (Lipinski definition) is 3. The van der Waals surface area contributed by atoms with Gasteiger partial charge < -0.3 is 21.3 Å². The number of anilines is 2. The SMILES string of the molecule is CCOc1c(Cl)cc(N)cc1Cl.Nc1cc(Cl)c(O)c(Cl)c1. The van der Waals surface area contributed by atoms with Crippen molar-refractivity contribution in [3.05, 3.63) is 44.4 Å². The van der Waals surface area contributed by atoms with E-state index < -0.39 is 0 Å². The summed E-state index contributed by atoms with van der Waals surface area (Å²) in [7, 11) is 0. The Labute approximate surface area is 148 Å². The van der Waals surface area contributed by atoms with Crippen molar-refractivity contribution in [3.8, 4) is 11.5 Å². The maximum Gasteiger partial charge on any atom is 0.156 e. The molecule has 120 valence electrons. The molecule has 0 aliphatic rings. The lowest BCUT2D eigenvalue weighted by molar-refractivity contribution is 0.340. The van der Waals surface area contributed by atoms with Crippen LogP contribution in [0.25, 0.3) is 0 Å². The van der Waals surface area contributed by atoms with Crippen molar-refractivity contribution in [1.82, 2.24) is 0 Å². The fourth-order valence-electron chi connectivity index (χ4n) is 1.45. The molecular formula is C14H14Cl4N2O2. The summed E-state index contributed by atoms with van der Waals surface area (Å²) < 4.78 is 5.20. The van der Waals surface area contributed by atoms with Crippen molar-refractivity contribution in [3.63, 3.8) is 0 Å². The summed E-state index contributed by atoms with van der Waals surface area (Å²) in [6.07, 6.45) is 0. The van der Waals surface area contributed by atoms with Gasteiger partial charge in [0.25, 0.3) is 0 Å². The fraction of sp³-hybridized carbons (Fsp3) is 0.143. The van der Waals surface area contributed by atoms with E-state index in [2.05, 4.69) is 0 Å². The summed E-state index contributed by atoms with van der Waals surface area (Å²) in [4.78, 5) is 0.